The Bertz CT molecular complexity index is 664. The van der Waals surface area contributed by atoms with Crippen LogP contribution in [0.25, 0.3) is 0 Å². The van der Waals surface area contributed by atoms with Crippen LogP contribution in [0.15, 0.2) is 18.2 Å². The van der Waals surface area contributed by atoms with Gasteiger partial charge in [-0.05, 0) is 25.0 Å². The van der Waals surface area contributed by atoms with E-state index in [0.717, 1.165) is 12.1 Å². The first kappa shape index (κ1) is 15.6. The molecule has 1 aliphatic carbocycles. The average molecular weight is 330 g/mol. The second-order valence-corrected chi connectivity index (χ2v) is 5.59. The zero-order valence-corrected chi connectivity index (χ0v) is 12.1. The van der Waals surface area contributed by atoms with Crippen molar-refractivity contribution >= 4 is 11.8 Å². The first-order chi connectivity index (χ1) is 10.7. The number of Topliss-reactive ketones (excluding diaryl/α,β-unsaturated/α-hetero) is 1. The number of halogens is 3. The van der Waals surface area contributed by atoms with E-state index in [1.807, 2.05) is 0 Å². The Hall–Kier alpha value is -2.25. The second kappa shape index (κ2) is 5.14. The van der Waals surface area contributed by atoms with E-state index in [-0.39, 0.29) is 23.5 Å². The highest BCUT2D eigenvalue weighted by Crippen LogP contribution is 2.53. The summed E-state index contributed by atoms with van der Waals surface area (Å²) in [6, 6.07) is 3.30. The number of rotatable bonds is 3. The predicted molar refractivity (Wildman–Crippen MR) is 70.2 cm³/mol. The Morgan fingerprint density at radius 1 is 1.35 bits per heavy atom. The molecule has 0 radical (unpaired) electrons. The largest absolute Gasteiger partial charge is 0.573 e. The van der Waals surface area contributed by atoms with Crippen LogP contribution in [0.5, 0.6) is 11.5 Å². The van der Waals surface area contributed by atoms with Crippen LogP contribution in [0.2, 0.25) is 0 Å². The Morgan fingerprint density at radius 2 is 2.04 bits per heavy atom. The smallest absolute Gasteiger partial charge is 0.488 e. The molecule has 2 aliphatic rings. The molecule has 1 saturated carbocycles. The van der Waals surface area contributed by atoms with Gasteiger partial charge in [0.2, 0.25) is 0 Å². The van der Waals surface area contributed by atoms with Crippen LogP contribution in [0.3, 0.4) is 0 Å². The Labute approximate surface area is 129 Å². The summed E-state index contributed by atoms with van der Waals surface area (Å²) in [5, 5.41) is 0. The number of methoxy groups -OCH3 is 1. The highest BCUT2D eigenvalue weighted by Gasteiger charge is 2.59. The average Bonchev–Trinajstić information content (AvgIpc) is 3.26. The van der Waals surface area contributed by atoms with Gasteiger partial charge in [-0.2, -0.15) is 0 Å². The maximum atomic E-state index is 12.3. The van der Waals surface area contributed by atoms with Crippen molar-refractivity contribution in [3.63, 3.8) is 0 Å². The number of ether oxygens (including phenoxy) is 3. The first-order valence-electron chi connectivity index (χ1n) is 6.93. The molecule has 8 heteroatoms. The normalized spacial score (nSPS) is 21.9. The summed E-state index contributed by atoms with van der Waals surface area (Å²) >= 11 is 0. The third kappa shape index (κ3) is 2.85. The lowest BCUT2D eigenvalue weighted by molar-refractivity contribution is -0.274. The summed E-state index contributed by atoms with van der Waals surface area (Å²) in [6.07, 6.45) is -4.55. The lowest BCUT2D eigenvalue weighted by Gasteiger charge is -2.30. The topological polar surface area (TPSA) is 61.8 Å². The molecule has 5 nitrogen and oxygen atoms in total. The molecule has 1 unspecified atom stereocenters. The summed E-state index contributed by atoms with van der Waals surface area (Å²) in [6.45, 7) is 0. The Morgan fingerprint density at radius 3 is 2.61 bits per heavy atom. The van der Waals surface area contributed by atoms with Crippen LogP contribution in [-0.4, -0.2) is 31.3 Å². The molecule has 1 aromatic carbocycles. The van der Waals surface area contributed by atoms with E-state index in [9.17, 15) is 22.8 Å². The number of alkyl halides is 3. The van der Waals surface area contributed by atoms with E-state index >= 15 is 0 Å². The minimum atomic E-state index is -4.84. The van der Waals surface area contributed by atoms with Gasteiger partial charge < -0.3 is 14.2 Å². The van der Waals surface area contributed by atoms with Crippen molar-refractivity contribution in [3.8, 4) is 11.5 Å². The summed E-state index contributed by atoms with van der Waals surface area (Å²) < 4.78 is 51.1. The predicted octanol–water partition coefficient (Wildman–Crippen LogP) is 2.87. The molecule has 1 aliphatic heterocycles. The number of ketones is 1. The highest BCUT2D eigenvalue weighted by molar-refractivity contribution is 6.00. The molecule has 0 N–H and O–H groups in total. The number of hydrogen-bond acceptors (Lipinski definition) is 5. The SMILES string of the molecule is COC(=O)C1(C2CC(=O)c3ccc(OC(F)(F)F)cc3O2)CC1. The zero-order chi connectivity index (χ0) is 16.8. The van der Waals surface area contributed by atoms with E-state index in [1.165, 1.54) is 13.2 Å². The Balaban J connectivity index is 1.88. The first-order valence-corrected chi connectivity index (χ1v) is 6.93. The van der Waals surface area contributed by atoms with Gasteiger partial charge in [0, 0.05) is 12.5 Å². The molecule has 23 heavy (non-hydrogen) atoms. The molecular weight excluding hydrogens is 317 g/mol. The van der Waals surface area contributed by atoms with Gasteiger partial charge in [0.25, 0.3) is 0 Å². The Kier molecular flexibility index (Phi) is 3.50. The fourth-order valence-corrected chi connectivity index (χ4v) is 2.80. The zero-order valence-electron chi connectivity index (χ0n) is 12.1. The van der Waals surface area contributed by atoms with Gasteiger partial charge in [-0.1, -0.05) is 0 Å². The van der Waals surface area contributed by atoms with Crippen LogP contribution in [0, 0.1) is 5.41 Å². The minimum absolute atomic E-state index is 0.0109. The van der Waals surface area contributed by atoms with Crippen molar-refractivity contribution in [2.24, 2.45) is 5.41 Å². The lowest BCUT2D eigenvalue weighted by atomic mass is 9.90. The van der Waals surface area contributed by atoms with Gasteiger partial charge in [-0.15, -0.1) is 13.2 Å². The van der Waals surface area contributed by atoms with Crippen LogP contribution >= 0.6 is 0 Å². The third-order valence-corrected chi connectivity index (χ3v) is 4.12. The quantitative estimate of drug-likeness (QED) is 0.798. The molecule has 1 heterocycles. The maximum absolute atomic E-state index is 12.3. The van der Waals surface area contributed by atoms with Gasteiger partial charge in [0.05, 0.1) is 12.7 Å². The van der Waals surface area contributed by atoms with Crippen LogP contribution in [-0.2, 0) is 9.53 Å². The van der Waals surface area contributed by atoms with Gasteiger partial charge in [0.15, 0.2) is 5.78 Å². The minimum Gasteiger partial charge on any atom is -0.488 e. The lowest BCUT2D eigenvalue weighted by Crippen LogP contribution is -2.40. The maximum Gasteiger partial charge on any atom is 0.573 e. The van der Waals surface area contributed by atoms with Crippen LogP contribution < -0.4 is 9.47 Å². The van der Waals surface area contributed by atoms with E-state index in [2.05, 4.69) is 4.74 Å². The van der Waals surface area contributed by atoms with Crippen molar-refractivity contribution in [1.82, 2.24) is 0 Å². The number of hydrogen-bond donors (Lipinski definition) is 0. The summed E-state index contributed by atoms with van der Waals surface area (Å²) in [5.74, 6) is -1.25. The molecule has 1 fully saturated rings. The molecule has 1 atom stereocenters. The van der Waals surface area contributed by atoms with Crippen molar-refractivity contribution in [2.45, 2.75) is 31.7 Å². The molecule has 1 aromatic rings. The molecule has 0 saturated heterocycles. The van der Waals surface area contributed by atoms with Gasteiger partial charge in [-0.25, -0.2) is 0 Å². The summed E-state index contributed by atoms with van der Waals surface area (Å²) in [4.78, 5) is 24.1. The van der Waals surface area contributed by atoms with E-state index < -0.39 is 29.6 Å². The molecule has 124 valence electrons. The number of fused-ring (bicyclic) bond motifs is 1. The number of carbonyl (C=O) groups excluding carboxylic acids is 2. The number of benzene rings is 1. The monoisotopic (exact) mass is 330 g/mol. The van der Waals surface area contributed by atoms with E-state index in [0.29, 0.717) is 12.8 Å². The molecule has 0 aromatic heterocycles. The fraction of sp³-hybridized carbons (Fsp3) is 0.467. The summed E-state index contributed by atoms with van der Waals surface area (Å²) in [5.41, 5.74) is -0.709. The molecule has 0 amide bonds. The van der Waals surface area contributed by atoms with Crippen LogP contribution in [0.4, 0.5) is 13.2 Å². The molecule has 3 rings (SSSR count). The van der Waals surface area contributed by atoms with Crippen molar-refractivity contribution in [3.05, 3.63) is 23.8 Å². The molecular formula is C15H13F3O5. The molecule has 0 spiro atoms. The van der Waals surface area contributed by atoms with Gasteiger partial charge in [-0.3, -0.25) is 9.59 Å². The summed E-state index contributed by atoms with van der Waals surface area (Å²) in [7, 11) is 1.25. The van der Waals surface area contributed by atoms with Crippen molar-refractivity contribution in [1.29, 1.82) is 0 Å². The van der Waals surface area contributed by atoms with Crippen LogP contribution in [0.1, 0.15) is 29.6 Å². The van der Waals surface area contributed by atoms with E-state index in [4.69, 9.17) is 9.47 Å². The fourth-order valence-electron chi connectivity index (χ4n) is 2.80. The van der Waals surface area contributed by atoms with Gasteiger partial charge in [0.1, 0.15) is 23.0 Å². The second-order valence-electron chi connectivity index (χ2n) is 5.59. The van der Waals surface area contributed by atoms with Gasteiger partial charge >= 0.3 is 12.3 Å². The van der Waals surface area contributed by atoms with E-state index in [1.54, 1.807) is 0 Å². The molecule has 0 bridgehead atoms. The standard InChI is InChI=1S/C15H13F3O5/c1-21-13(20)14(4-5-14)12-7-10(19)9-3-2-8(6-11(9)22-12)23-15(16,17)18/h2-3,6,12H,4-5,7H2,1H3. The highest BCUT2D eigenvalue weighted by atomic mass is 19.4. The van der Waals surface area contributed by atoms with Crippen molar-refractivity contribution in [2.75, 3.05) is 7.11 Å². The number of esters is 1. The number of carbonyl (C=O) groups is 2. The third-order valence-electron chi connectivity index (χ3n) is 4.12. The van der Waals surface area contributed by atoms with Crippen molar-refractivity contribution < 1.29 is 37.0 Å².